The number of carbonyl (C=O) groups is 1. The Bertz CT molecular complexity index is 497. The second-order valence-electron chi connectivity index (χ2n) is 6.71. The quantitative estimate of drug-likeness (QED) is 0.712. The molecule has 1 fully saturated rings. The van der Waals surface area contributed by atoms with Gasteiger partial charge in [-0.2, -0.15) is 0 Å². The predicted octanol–water partition coefficient (Wildman–Crippen LogP) is 1.46. The third-order valence-corrected chi connectivity index (χ3v) is 3.78. The first-order valence-electron chi connectivity index (χ1n) is 6.72. The molecule has 0 radical (unpaired) electrons. The number of rotatable bonds is 0. The van der Waals surface area contributed by atoms with Crippen LogP contribution < -0.4 is 0 Å². The number of amides is 1. The third kappa shape index (κ3) is 2.31. The number of aryl methyl sites for hydroxylation is 1. The molecule has 1 saturated heterocycles. The molecule has 3 heterocycles. The number of fused-ring (bicyclic) bond motifs is 1. The highest BCUT2D eigenvalue weighted by molar-refractivity contribution is 5.69. The van der Waals surface area contributed by atoms with Crippen molar-refractivity contribution in [2.75, 3.05) is 13.1 Å². The van der Waals surface area contributed by atoms with Crippen molar-refractivity contribution in [1.82, 2.24) is 19.7 Å². The fraction of sp³-hybridized carbons (Fsp3) is 0.769. The zero-order valence-electron chi connectivity index (χ0n) is 11.7. The number of aromatic nitrogens is 3. The number of ether oxygens (including phenoxy) is 1. The van der Waals surface area contributed by atoms with Crippen LogP contribution in [0, 0.1) is 5.41 Å². The van der Waals surface area contributed by atoms with Crippen molar-refractivity contribution in [3.05, 3.63) is 12.2 Å². The maximum atomic E-state index is 11.9. The molecule has 1 aromatic rings. The second-order valence-corrected chi connectivity index (χ2v) is 6.71. The summed E-state index contributed by atoms with van der Waals surface area (Å²) in [6, 6.07) is 0. The van der Waals surface area contributed by atoms with Crippen molar-refractivity contribution >= 4 is 6.09 Å². The van der Waals surface area contributed by atoms with Crippen LogP contribution in [0.25, 0.3) is 0 Å². The Hall–Kier alpha value is -1.59. The molecule has 6 nitrogen and oxygen atoms in total. The minimum Gasteiger partial charge on any atom is -0.444 e. The summed E-state index contributed by atoms with van der Waals surface area (Å²) in [5.74, 6) is 1.06. The molecule has 0 unspecified atom stereocenters. The standard InChI is InChI=1S/C13H20N4O2/c1-12(2,3)19-11(18)16-6-13(7-16)5-4-10-15-14-9-17(10)8-13/h9H,4-8H2,1-3H3. The van der Waals surface area contributed by atoms with Gasteiger partial charge in [-0.15, -0.1) is 10.2 Å². The number of hydrogen-bond acceptors (Lipinski definition) is 4. The Morgan fingerprint density at radius 2 is 2.11 bits per heavy atom. The number of nitrogens with zero attached hydrogens (tertiary/aromatic N) is 4. The summed E-state index contributed by atoms with van der Waals surface area (Å²) in [6.45, 7) is 8.15. The van der Waals surface area contributed by atoms with E-state index in [1.807, 2.05) is 20.8 Å². The number of carbonyl (C=O) groups excluding carboxylic acids is 1. The van der Waals surface area contributed by atoms with Gasteiger partial charge in [0.1, 0.15) is 17.8 Å². The Morgan fingerprint density at radius 1 is 1.37 bits per heavy atom. The van der Waals surface area contributed by atoms with Gasteiger partial charge in [-0.25, -0.2) is 4.79 Å². The average Bonchev–Trinajstić information content (AvgIpc) is 2.69. The molecule has 0 aromatic carbocycles. The molecule has 0 N–H and O–H groups in total. The van der Waals surface area contributed by atoms with Gasteiger partial charge in [0.05, 0.1) is 0 Å². The Kier molecular flexibility index (Phi) is 2.59. The molecule has 104 valence electrons. The summed E-state index contributed by atoms with van der Waals surface area (Å²) < 4.78 is 7.49. The van der Waals surface area contributed by atoms with Gasteiger partial charge in [0.2, 0.25) is 0 Å². The highest BCUT2D eigenvalue weighted by Crippen LogP contribution is 2.40. The first-order chi connectivity index (χ1) is 8.87. The van der Waals surface area contributed by atoms with Crippen LogP contribution in [-0.2, 0) is 17.7 Å². The summed E-state index contributed by atoms with van der Waals surface area (Å²) in [5, 5.41) is 8.03. The Labute approximate surface area is 112 Å². The Balaban J connectivity index is 1.60. The third-order valence-electron chi connectivity index (χ3n) is 3.78. The number of likely N-dealkylation sites (tertiary alicyclic amines) is 1. The molecule has 2 aliphatic heterocycles. The molecular formula is C13H20N4O2. The van der Waals surface area contributed by atoms with Gasteiger partial charge in [0.25, 0.3) is 0 Å². The lowest BCUT2D eigenvalue weighted by Gasteiger charge is -2.51. The minimum atomic E-state index is -0.423. The summed E-state index contributed by atoms with van der Waals surface area (Å²) in [7, 11) is 0. The normalized spacial score (nSPS) is 20.9. The van der Waals surface area contributed by atoms with E-state index in [9.17, 15) is 4.79 Å². The van der Waals surface area contributed by atoms with Crippen molar-refractivity contribution in [3.63, 3.8) is 0 Å². The lowest BCUT2D eigenvalue weighted by molar-refractivity contribution is -0.0491. The lowest BCUT2D eigenvalue weighted by Crippen LogP contribution is -2.62. The van der Waals surface area contributed by atoms with Crippen molar-refractivity contribution in [2.45, 2.75) is 45.8 Å². The van der Waals surface area contributed by atoms with E-state index in [-0.39, 0.29) is 11.5 Å². The van der Waals surface area contributed by atoms with Crippen molar-refractivity contribution < 1.29 is 9.53 Å². The average molecular weight is 264 g/mol. The minimum absolute atomic E-state index is 0.201. The van der Waals surface area contributed by atoms with Crippen LogP contribution in [0.15, 0.2) is 6.33 Å². The Morgan fingerprint density at radius 3 is 2.79 bits per heavy atom. The molecule has 0 atom stereocenters. The smallest absolute Gasteiger partial charge is 0.410 e. The molecular weight excluding hydrogens is 244 g/mol. The van der Waals surface area contributed by atoms with Gasteiger partial charge in [0, 0.05) is 31.5 Å². The van der Waals surface area contributed by atoms with Crippen molar-refractivity contribution in [2.24, 2.45) is 5.41 Å². The van der Waals surface area contributed by atoms with Crippen LogP contribution in [0.3, 0.4) is 0 Å². The van der Waals surface area contributed by atoms with E-state index in [0.717, 1.165) is 38.3 Å². The van der Waals surface area contributed by atoms with Crippen LogP contribution >= 0.6 is 0 Å². The van der Waals surface area contributed by atoms with Gasteiger partial charge < -0.3 is 14.2 Å². The summed E-state index contributed by atoms with van der Waals surface area (Å²) in [4.78, 5) is 13.7. The molecule has 1 aromatic heterocycles. The summed E-state index contributed by atoms with van der Waals surface area (Å²) in [5.41, 5.74) is -0.222. The van der Waals surface area contributed by atoms with Crippen LogP contribution in [0.4, 0.5) is 4.79 Å². The van der Waals surface area contributed by atoms with E-state index in [4.69, 9.17) is 4.74 Å². The molecule has 2 aliphatic rings. The van der Waals surface area contributed by atoms with E-state index in [2.05, 4.69) is 14.8 Å². The highest BCUT2D eigenvalue weighted by Gasteiger charge is 2.48. The fourth-order valence-corrected chi connectivity index (χ4v) is 2.90. The molecule has 0 aliphatic carbocycles. The van der Waals surface area contributed by atoms with Gasteiger partial charge in [-0.1, -0.05) is 0 Å². The predicted molar refractivity (Wildman–Crippen MR) is 68.6 cm³/mol. The van der Waals surface area contributed by atoms with Crippen LogP contribution in [0.5, 0.6) is 0 Å². The van der Waals surface area contributed by atoms with E-state index < -0.39 is 5.60 Å². The monoisotopic (exact) mass is 264 g/mol. The van der Waals surface area contributed by atoms with Gasteiger partial charge in [-0.05, 0) is 27.2 Å². The highest BCUT2D eigenvalue weighted by atomic mass is 16.6. The van der Waals surface area contributed by atoms with Gasteiger partial charge >= 0.3 is 6.09 Å². The zero-order chi connectivity index (χ0) is 13.7. The van der Waals surface area contributed by atoms with Gasteiger partial charge in [0.15, 0.2) is 0 Å². The molecule has 0 bridgehead atoms. The van der Waals surface area contributed by atoms with E-state index >= 15 is 0 Å². The fourth-order valence-electron chi connectivity index (χ4n) is 2.90. The topological polar surface area (TPSA) is 60.2 Å². The van der Waals surface area contributed by atoms with Crippen molar-refractivity contribution in [3.8, 4) is 0 Å². The van der Waals surface area contributed by atoms with E-state index in [1.54, 1.807) is 11.2 Å². The van der Waals surface area contributed by atoms with E-state index in [0.29, 0.717) is 0 Å². The molecule has 1 amide bonds. The van der Waals surface area contributed by atoms with Crippen LogP contribution in [-0.4, -0.2) is 44.4 Å². The first-order valence-corrected chi connectivity index (χ1v) is 6.72. The summed E-state index contributed by atoms with van der Waals surface area (Å²) >= 11 is 0. The first kappa shape index (κ1) is 12.4. The van der Waals surface area contributed by atoms with Gasteiger partial charge in [-0.3, -0.25) is 0 Å². The SMILES string of the molecule is CC(C)(C)OC(=O)N1CC2(CCc3nncn3C2)C1. The van der Waals surface area contributed by atoms with Crippen LogP contribution in [0.2, 0.25) is 0 Å². The molecule has 0 saturated carbocycles. The molecule has 19 heavy (non-hydrogen) atoms. The summed E-state index contributed by atoms with van der Waals surface area (Å²) in [6.07, 6.45) is 3.60. The molecule has 6 heteroatoms. The second kappa shape index (κ2) is 3.95. The molecule has 3 rings (SSSR count). The maximum absolute atomic E-state index is 11.9. The van der Waals surface area contributed by atoms with Crippen LogP contribution in [0.1, 0.15) is 33.0 Å². The lowest BCUT2D eigenvalue weighted by atomic mass is 9.74. The number of hydrogen-bond donors (Lipinski definition) is 0. The zero-order valence-corrected chi connectivity index (χ0v) is 11.7. The largest absolute Gasteiger partial charge is 0.444 e. The van der Waals surface area contributed by atoms with Crippen molar-refractivity contribution in [1.29, 1.82) is 0 Å². The van der Waals surface area contributed by atoms with E-state index in [1.165, 1.54) is 0 Å². The maximum Gasteiger partial charge on any atom is 0.410 e. The molecule has 1 spiro atoms.